The summed E-state index contributed by atoms with van der Waals surface area (Å²) in [7, 11) is 4.14. The van der Waals surface area contributed by atoms with Crippen LogP contribution < -0.4 is 10.1 Å². The van der Waals surface area contributed by atoms with Gasteiger partial charge in [-0.25, -0.2) is 4.98 Å². The Balaban J connectivity index is 2.22. The molecule has 2 rings (SSSR count). The first-order valence-corrected chi connectivity index (χ1v) is 7.00. The maximum absolute atomic E-state index is 5.78. The zero-order valence-corrected chi connectivity index (χ0v) is 12.7. The molecule has 0 atom stereocenters. The topological polar surface area (TPSA) is 37.4 Å². The van der Waals surface area contributed by atoms with Crippen molar-refractivity contribution < 1.29 is 4.74 Å². The molecule has 108 valence electrons. The summed E-state index contributed by atoms with van der Waals surface area (Å²) >= 11 is 0. The standard InChI is InChI=1S/C16H23N3O/c1-12(2)20-16-15-11-14(17-9-10-19(3)4)6-5-13(15)7-8-18-16/h5-8,11-12,17H,9-10H2,1-4H3. The second-order valence-electron chi connectivity index (χ2n) is 5.45. The molecule has 20 heavy (non-hydrogen) atoms. The van der Waals surface area contributed by atoms with Gasteiger partial charge in [-0.15, -0.1) is 0 Å². The molecule has 0 aliphatic rings. The van der Waals surface area contributed by atoms with Crippen LogP contribution in [-0.4, -0.2) is 43.2 Å². The lowest BCUT2D eigenvalue weighted by molar-refractivity contribution is 0.236. The van der Waals surface area contributed by atoms with Gasteiger partial charge in [0.1, 0.15) is 0 Å². The monoisotopic (exact) mass is 273 g/mol. The summed E-state index contributed by atoms with van der Waals surface area (Å²) < 4.78 is 5.78. The highest BCUT2D eigenvalue weighted by Gasteiger charge is 2.06. The molecular formula is C16H23N3O. The van der Waals surface area contributed by atoms with Crippen LogP contribution in [-0.2, 0) is 0 Å². The van der Waals surface area contributed by atoms with Crippen molar-refractivity contribution >= 4 is 16.5 Å². The maximum Gasteiger partial charge on any atom is 0.221 e. The Bertz CT molecular complexity index is 567. The molecule has 0 fully saturated rings. The van der Waals surface area contributed by atoms with Crippen LogP contribution >= 0.6 is 0 Å². The van der Waals surface area contributed by atoms with Crippen LogP contribution in [0.5, 0.6) is 5.88 Å². The number of rotatable bonds is 6. The van der Waals surface area contributed by atoms with Gasteiger partial charge in [0.15, 0.2) is 0 Å². The number of nitrogens with one attached hydrogen (secondary N) is 1. The third kappa shape index (κ3) is 3.84. The second-order valence-corrected chi connectivity index (χ2v) is 5.45. The van der Waals surface area contributed by atoms with E-state index in [0.29, 0.717) is 5.88 Å². The molecule has 2 aromatic rings. The molecule has 0 aliphatic heterocycles. The van der Waals surface area contributed by atoms with Crippen LogP contribution in [0.25, 0.3) is 10.8 Å². The summed E-state index contributed by atoms with van der Waals surface area (Å²) in [6, 6.07) is 8.31. The first-order valence-electron chi connectivity index (χ1n) is 7.00. The van der Waals surface area contributed by atoms with Gasteiger partial charge in [-0.05, 0) is 51.5 Å². The Hall–Kier alpha value is -1.81. The van der Waals surface area contributed by atoms with Crippen molar-refractivity contribution in [1.82, 2.24) is 9.88 Å². The van der Waals surface area contributed by atoms with E-state index in [1.54, 1.807) is 6.20 Å². The lowest BCUT2D eigenvalue weighted by atomic mass is 10.1. The molecule has 0 aliphatic carbocycles. The SMILES string of the molecule is CC(C)Oc1nccc2ccc(NCCN(C)C)cc12. The Morgan fingerprint density at radius 1 is 1.25 bits per heavy atom. The first kappa shape index (κ1) is 14.6. The van der Waals surface area contributed by atoms with Crippen molar-refractivity contribution in [2.45, 2.75) is 20.0 Å². The number of hydrogen-bond acceptors (Lipinski definition) is 4. The Labute approximate surface area is 120 Å². The lowest BCUT2D eigenvalue weighted by Crippen LogP contribution is -2.20. The molecule has 1 aromatic carbocycles. The first-order chi connectivity index (χ1) is 9.56. The van der Waals surface area contributed by atoms with Crippen molar-refractivity contribution in [3.63, 3.8) is 0 Å². The highest BCUT2D eigenvalue weighted by molar-refractivity contribution is 5.89. The molecule has 0 spiro atoms. The van der Waals surface area contributed by atoms with Gasteiger partial charge in [0, 0.05) is 30.4 Å². The molecule has 4 heteroatoms. The van der Waals surface area contributed by atoms with Crippen molar-refractivity contribution in [3.8, 4) is 5.88 Å². The zero-order valence-electron chi connectivity index (χ0n) is 12.7. The number of aromatic nitrogens is 1. The number of fused-ring (bicyclic) bond motifs is 1. The molecule has 0 amide bonds. The van der Waals surface area contributed by atoms with Crippen molar-refractivity contribution in [1.29, 1.82) is 0 Å². The molecule has 0 radical (unpaired) electrons. The lowest BCUT2D eigenvalue weighted by Gasteiger charge is -2.14. The smallest absolute Gasteiger partial charge is 0.221 e. The van der Waals surface area contributed by atoms with E-state index in [9.17, 15) is 0 Å². The highest BCUT2D eigenvalue weighted by Crippen LogP contribution is 2.26. The van der Waals surface area contributed by atoms with Gasteiger partial charge < -0.3 is 15.0 Å². The van der Waals surface area contributed by atoms with Crippen LogP contribution in [0.2, 0.25) is 0 Å². The van der Waals surface area contributed by atoms with E-state index < -0.39 is 0 Å². The highest BCUT2D eigenvalue weighted by atomic mass is 16.5. The fourth-order valence-corrected chi connectivity index (χ4v) is 1.99. The predicted octanol–water partition coefficient (Wildman–Crippen LogP) is 3.00. The Kier molecular flexibility index (Phi) is 4.79. The molecule has 4 nitrogen and oxygen atoms in total. The quantitative estimate of drug-likeness (QED) is 0.878. The van der Waals surface area contributed by atoms with Gasteiger partial charge in [0.25, 0.3) is 0 Å². The van der Waals surface area contributed by atoms with Crippen LogP contribution in [0.1, 0.15) is 13.8 Å². The van der Waals surface area contributed by atoms with E-state index in [4.69, 9.17) is 4.74 Å². The molecule has 0 bridgehead atoms. The average Bonchev–Trinajstić information content (AvgIpc) is 2.38. The average molecular weight is 273 g/mol. The Morgan fingerprint density at radius 3 is 2.75 bits per heavy atom. The molecule has 0 saturated carbocycles. The van der Waals surface area contributed by atoms with E-state index in [2.05, 4.69) is 47.5 Å². The van der Waals surface area contributed by atoms with Crippen molar-refractivity contribution in [2.75, 3.05) is 32.5 Å². The minimum atomic E-state index is 0.124. The molecule has 0 unspecified atom stereocenters. The summed E-state index contributed by atoms with van der Waals surface area (Å²) in [6.45, 7) is 5.94. The number of pyridine rings is 1. The number of ether oxygens (including phenoxy) is 1. The second kappa shape index (κ2) is 6.57. The van der Waals surface area contributed by atoms with E-state index in [1.165, 1.54) is 0 Å². The zero-order chi connectivity index (χ0) is 14.5. The molecular weight excluding hydrogens is 250 g/mol. The summed E-state index contributed by atoms with van der Waals surface area (Å²) in [5.74, 6) is 0.703. The van der Waals surface area contributed by atoms with E-state index in [1.807, 2.05) is 19.9 Å². The Morgan fingerprint density at radius 2 is 2.05 bits per heavy atom. The van der Waals surface area contributed by atoms with Gasteiger partial charge in [-0.1, -0.05) is 6.07 Å². The van der Waals surface area contributed by atoms with Gasteiger partial charge in [0.05, 0.1) is 6.10 Å². The van der Waals surface area contributed by atoms with Gasteiger partial charge in [-0.2, -0.15) is 0 Å². The summed E-state index contributed by atoms with van der Waals surface area (Å²) in [4.78, 5) is 6.49. The number of nitrogens with zero attached hydrogens (tertiary/aromatic N) is 2. The van der Waals surface area contributed by atoms with Crippen LogP contribution in [0, 0.1) is 0 Å². The summed E-state index contributed by atoms with van der Waals surface area (Å²) in [5, 5.41) is 5.62. The summed E-state index contributed by atoms with van der Waals surface area (Å²) in [5.41, 5.74) is 1.10. The van der Waals surface area contributed by atoms with E-state index in [-0.39, 0.29) is 6.10 Å². The maximum atomic E-state index is 5.78. The number of benzene rings is 1. The third-order valence-electron chi connectivity index (χ3n) is 2.97. The normalized spacial score (nSPS) is 11.3. The van der Waals surface area contributed by atoms with Gasteiger partial charge in [0.2, 0.25) is 5.88 Å². The van der Waals surface area contributed by atoms with Crippen molar-refractivity contribution in [2.24, 2.45) is 0 Å². The van der Waals surface area contributed by atoms with Crippen LogP contribution in [0.3, 0.4) is 0 Å². The van der Waals surface area contributed by atoms with E-state index >= 15 is 0 Å². The largest absolute Gasteiger partial charge is 0.475 e. The molecule has 1 aromatic heterocycles. The van der Waals surface area contributed by atoms with Gasteiger partial charge >= 0.3 is 0 Å². The van der Waals surface area contributed by atoms with Crippen LogP contribution in [0.4, 0.5) is 5.69 Å². The number of anilines is 1. The molecule has 1 heterocycles. The van der Waals surface area contributed by atoms with Crippen LogP contribution in [0.15, 0.2) is 30.5 Å². The van der Waals surface area contributed by atoms with E-state index in [0.717, 1.165) is 29.5 Å². The van der Waals surface area contributed by atoms with Crippen molar-refractivity contribution in [3.05, 3.63) is 30.5 Å². The molecule has 1 N–H and O–H groups in total. The van der Waals surface area contributed by atoms with Gasteiger partial charge in [-0.3, -0.25) is 0 Å². The minimum absolute atomic E-state index is 0.124. The molecule has 0 saturated heterocycles. The minimum Gasteiger partial charge on any atom is -0.475 e. The fourth-order valence-electron chi connectivity index (χ4n) is 1.99. The number of likely N-dealkylation sites (N-methyl/N-ethyl adjacent to an activating group) is 1. The fraction of sp³-hybridized carbons (Fsp3) is 0.438. The number of hydrogen-bond donors (Lipinski definition) is 1. The summed E-state index contributed by atoms with van der Waals surface area (Å²) in [6.07, 6.45) is 1.91. The predicted molar refractivity (Wildman–Crippen MR) is 84.6 cm³/mol. The third-order valence-corrected chi connectivity index (χ3v) is 2.97.